The highest BCUT2D eigenvalue weighted by Crippen LogP contribution is 2.22. The summed E-state index contributed by atoms with van der Waals surface area (Å²) < 4.78 is 4.99. The molecular formula is C15H17N3O3S. The van der Waals surface area contributed by atoms with Gasteiger partial charge in [0, 0.05) is 5.56 Å². The van der Waals surface area contributed by atoms with E-state index in [1.165, 1.54) is 0 Å². The van der Waals surface area contributed by atoms with Gasteiger partial charge in [-0.15, -0.1) is 10.2 Å². The summed E-state index contributed by atoms with van der Waals surface area (Å²) in [4.78, 5) is 26.5. The zero-order chi connectivity index (χ0) is 15.9. The van der Waals surface area contributed by atoms with Crippen molar-refractivity contribution in [3.05, 3.63) is 40.7 Å². The largest absolute Gasteiger partial charge is 0.465 e. The van der Waals surface area contributed by atoms with E-state index in [1.54, 1.807) is 19.1 Å². The Hall–Kier alpha value is -2.15. The first-order valence-electron chi connectivity index (χ1n) is 7.01. The lowest BCUT2D eigenvalue weighted by molar-refractivity contribution is -0.142. The Morgan fingerprint density at radius 2 is 2.00 bits per heavy atom. The number of carbonyl (C=O) groups excluding carboxylic acids is 1. The number of hydrogen-bond donors (Lipinski definition) is 1. The average molecular weight is 319 g/mol. The molecule has 0 saturated heterocycles. The number of carbonyl (C=O) groups is 1. The molecule has 1 unspecified atom stereocenters. The summed E-state index contributed by atoms with van der Waals surface area (Å²) in [6, 6.07) is 9.10. The number of aromatic amines is 1. The quantitative estimate of drug-likeness (QED) is 0.649. The van der Waals surface area contributed by atoms with E-state index >= 15 is 0 Å². The molecule has 7 heteroatoms. The minimum Gasteiger partial charge on any atom is -0.465 e. The SMILES string of the molecule is CCOC(=O)C(CC)Sc1nnc(-c2ccccc2)c(=O)[nH]1. The van der Waals surface area contributed by atoms with Crippen LogP contribution >= 0.6 is 11.8 Å². The van der Waals surface area contributed by atoms with Crippen molar-refractivity contribution in [2.45, 2.75) is 30.7 Å². The van der Waals surface area contributed by atoms with Crippen molar-refractivity contribution in [3.8, 4) is 11.3 Å². The van der Waals surface area contributed by atoms with E-state index in [9.17, 15) is 9.59 Å². The number of rotatable bonds is 6. The van der Waals surface area contributed by atoms with Crippen LogP contribution in [0.1, 0.15) is 20.3 Å². The van der Waals surface area contributed by atoms with E-state index < -0.39 is 5.25 Å². The molecule has 1 N–H and O–H groups in total. The maximum atomic E-state index is 12.1. The van der Waals surface area contributed by atoms with Gasteiger partial charge in [0.25, 0.3) is 5.56 Å². The molecule has 6 nitrogen and oxygen atoms in total. The molecule has 0 fully saturated rings. The number of aromatic nitrogens is 3. The zero-order valence-electron chi connectivity index (χ0n) is 12.4. The van der Waals surface area contributed by atoms with Crippen LogP contribution in [0.4, 0.5) is 0 Å². The van der Waals surface area contributed by atoms with Crippen LogP contribution in [0.25, 0.3) is 11.3 Å². The molecule has 0 aliphatic carbocycles. The second-order valence-electron chi connectivity index (χ2n) is 4.44. The molecule has 0 saturated carbocycles. The highest BCUT2D eigenvalue weighted by molar-refractivity contribution is 8.00. The third-order valence-electron chi connectivity index (χ3n) is 2.90. The third kappa shape index (κ3) is 3.94. The summed E-state index contributed by atoms with van der Waals surface area (Å²) in [6.45, 7) is 3.95. The first-order valence-corrected chi connectivity index (χ1v) is 7.89. The lowest BCUT2D eigenvalue weighted by Crippen LogP contribution is -2.21. The number of esters is 1. The third-order valence-corrected chi connectivity index (χ3v) is 4.12. The van der Waals surface area contributed by atoms with Crippen LogP contribution < -0.4 is 5.56 Å². The fraction of sp³-hybridized carbons (Fsp3) is 0.333. The number of nitrogens with zero attached hydrogens (tertiary/aromatic N) is 2. The summed E-state index contributed by atoms with van der Waals surface area (Å²) in [6.07, 6.45) is 0.577. The Kier molecular flexibility index (Phi) is 5.71. The predicted molar refractivity (Wildman–Crippen MR) is 84.7 cm³/mol. The summed E-state index contributed by atoms with van der Waals surface area (Å²) in [7, 11) is 0. The number of nitrogens with one attached hydrogen (secondary N) is 1. The van der Waals surface area contributed by atoms with Crippen molar-refractivity contribution < 1.29 is 9.53 Å². The first kappa shape index (κ1) is 16.2. The van der Waals surface area contributed by atoms with Gasteiger partial charge in [0.15, 0.2) is 10.9 Å². The van der Waals surface area contributed by atoms with Crippen LogP contribution in [0, 0.1) is 0 Å². The molecule has 2 rings (SSSR count). The van der Waals surface area contributed by atoms with E-state index in [-0.39, 0.29) is 17.2 Å². The maximum Gasteiger partial charge on any atom is 0.319 e. The minimum atomic E-state index is -0.410. The van der Waals surface area contributed by atoms with Crippen LogP contribution in [0.2, 0.25) is 0 Å². The number of H-pyrrole nitrogens is 1. The fourth-order valence-corrected chi connectivity index (χ4v) is 2.67. The van der Waals surface area contributed by atoms with Crippen molar-refractivity contribution in [1.29, 1.82) is 0 Å². The number of thioether (sulfide) groups is 1. The standard InChI is InChI=1S/C15H17N3O3S/c1-3-11(14(20)21-4-2)22-15-16-13(19)12(17-18-15)10-8-6-5-7-9-10/h5-9,11H,3-4H2,1-2H3,(H,16,18,19). The van der Waals surface area contributed by atoms with Crippen molar-refractivity contribution in [2.24, 2.45) is 0 Å². The van der Waals surface area contributed by atoms with Gasteiger partial charge in [-0.3, -0.25) is 14.6 Å². The Balaban J connectivity index is 2.19. The molecule has 2 aromatic rings. The van der Waals surface area contributed by atoms with Gasteiger partial charge in [-0.05, 0) is 13.3 Å². The summed E-state index contributed by atoms with van der Waals surface area (Å²) >= 11 is 1.15. The topological polar surface area (TPSA) is 84.9 Å². The van der Waals surface area contributed by atoms with E-state index in [0.29, 0.717) is 23.7 Å². The van der Waals surface area contributed by atoms with Gasteiger partial charge in [0.05, 0.1) is 6.61 Å². The average Bonchev–Trinajstić information content (AvgIpc) is 2.53. The van der Waals surface area contributed by atoms with Gasteiger partial charge >= 0.3 is 5.97 Å². The van der Waals surface area contributed by atoms with E-state index in [0.717, 1.165) is 11.8 Å². The van der Waals surface area contributed by atoms with Crippen LogP contribution in [0.5, 0.6) is 0 Å². The molecule has 1 aromatic heterocycles. The molecule has 0 aliphatic heterocycles. The smallest absolute Gasteiger partial charge is 0.319 e. The van der Waals surface area contributed by atoms with Crippen molar-refractivity contribution in [2.75, 3.05) is 6.61 Å². The van der Waals surface area contributed by atoms with Gasteiger partial charge in [0.1, 0.15) is 5.25 Å². The van der Waals surface area contributed by atoms with Gasteiger partial charge < -0.3 is 4.74 Å². The summed E-state index contributed by atoms with van der Waals surface area (Å²) in [5.74, 6) is -0.315. The van der Waals surface area contributed by atoms with Crippen molar-refractivity contribution in [3.63, 3.8) is 0 Å². The van der Waals surface area contributed by atoms with Crippen LogP contribution in [0.3, 0.4) is 0 Å². The second kappa shape index (κ2) is 7.74. The molecule has 0 radical (unpaired) electrons. The molecular weight excluding hydrogens is 302 g/mol. The van der Waals surface area contributed by atoms with E-state index in [2.05, 4.69) is 15.2 Å². The maximum absolute atomic E-state index is 12.1. The molecule has 0 amide bonds. The van der Waals surface area contributed by atoms with Gasteiger partial charge in [-0.2, -0.15) is 0 Å². The molecule has 1 atom stereocenters. The van der Waals surface area contributed by atoms with Crippen molar-refractivity contribution >= 4 is 17.7 Å². The van der Waals surface area contributed by atoms with E-state index in [1.807, 2.05) is 25.1 Å². The van der Waals surface area contributed by atoms with Crippen molar-refractivity contribution in [1.82, 2.24) is 15.2 Å². The first-order chi connectivity index (χ1) is 10.7. The Morgan fingerprint density at radius 3 is 2.59 bits per heavy atom. The number of hydrogen-bond acceptors (Lipinski definition) is 6. The van der Waals surface area contributed by atoms with Crippen LogP contribution in [-0.2, 0) is 9.53 Å². The minimum absolute atomic E-state index is 0.258. The number of benzene rings is 1. The van der Waals surface area contributed by atoms with E-state index in [4.69, 9.17) is 4.74 Å². The van der Waals surface area contributed by atoms with Gasteiger partial charge in [-0.25, -0.2) is 0 Å². The fourth-order valence-electron chi connectivity index (χ4n) is 1.83. The lowest BCUT2D eigenvalue weighted by Gasteiger charge is -2.11. The van der Waals surface area contributed by atoms with Gasteiger partial charge in [-0.1, -0.05) is 49.0 Å². The zero-order valence-corrected chi connectivity index (χ0v) is 13.2. The Bertz CT molecular complexity index is 688. The molecule has 1 aromatic carbocycles. The summed E-state index contributed by atoms with van der Waals surface area (Å²) in [5.41, 5.74) is 0.627. The predicted octanol–water partition coefficient (Wildman–Crippen LogP) is 2.27. The normalized spacial score (nSPS) is 11.9. The number of ether oxygens (including phenoxy) is 1. The van der Waals surface area contributed by atoms with Crippen LogP contribution in [0.15, 0.2) is 40.3 Å². The van der Waals surface area contributed by atoms with Crippen LogP contribution in [-0.4, -0.2) is 33.0 Å². The second-order valence-corrected chi connectivity index (χ2v) is 5.63. The molecule has 1 heterocycles. The highest BCUT2D eigenvalue weighted by Gasteiger charge is 2.21. The molecule has 0 bridgehead atoms. The van der Waals surface area contributed by atoms with Gasteiger partial charge in [0.2, 0.25) is 0 Å². The Morgan fingerprint density at radius 1 is 1.27 bits per heavy atom. The highest BCUT2D eigenvalue weighted by atomic mass is 32.2. The molecule has 0 aliphatic rings. The molecule has 0 spiro atoms. The Labute approximate surface area is 132 Å². The monoisotopic (exact) mass is 319 g/mol. The molecule has 22 heavy (non-hydrogen) atoms. The summed E-state index contributed by atoms with van der Waals surface area (Å²) in [5, 5.41) is 7.87. The lowest BCUT2D eigenvalue weighted by atomic mass is 10.2. The molecule has 116 valence electrons.